The lowest BCUT2D eigenvalue weighted by molar-refractivity contribution is 0.166. The molecule has 0 aliphatic heterocycles. The summed E-state index contributed by atoms with van der Waals surface area (Å²) < 4.78 is 29.3. The predicted octanol–water partition coefficient (Wildman–Crippen LogP) is 1.77. The Morgan fingerprint density at radius 2 is 2.20 bits per heavy atom. The maximum atomic E-state index is 12.1. The van der Waals surface area contributed by atoms with E-state index in [0.29, 0.717) is 5.02 Å². The molecule has 0 saturated heterocycles. The fourth-order valence-corrected chi connectivity index (χ4v) is 5.49. The molecule has 0 bridgehead atoms. The number of thiocarbonyl (C=S) groups is 1. The highest BCUT2D eigenvalue weighted by Crippen LogP contribution is 2.63. The van der Waals surface area contributed by atoms with Crippen LogP contribution in [0.1, 0.15) is 11.5 Å². The molecule has 1 aliphatic rings. The summed E-state index contributed by atoms with van der Waals surface area (Å²) in [5, 5.41) is -0.109. The van der Waals surface area contributed by atoms with Gasteiger partial charge in [0, 0.05) is 24.3 Å². The average Bonchev–Trinajstić information content (AvgIpc) is 3.00. The number of benzene rings is 1. The maximum Gasteiger partial charge on any atom is 0.152 e. The molecule has 4 nitrogen and oxygen atoms in total. The molecule has 1 aliphatic carbocycles. The van der Waals surface area contributed by atoms with Crippen molar-refractivity contribution in [3.8, 4) is 0 Å². The van der Waals surface area contributed by atoms with Crippen LogP contribution in [0.25, 0.3) is 0 Å². The lowest BCUT2D eigenvalue weighted by atomic mass is 10.00. The van der Waals surface area contributed by atoms with Crippen molar-refractivity contribution in [2.45, 2.75) is 11.2 Å². The quantitative estimate of drug-likeness (QED) is 0.832. The number of hydrogen-bond acceptors (Lipinski definition) is 4. The number of sulfone groups is 1. The molecule has 1 aromatic rings. The van der Waals surface area contributed by atoms with Crippen LogP contribution in [0.3, 0.4) is 0 Å². The molecule has 110 valence electrons. The molecule has 0 aromatic heterocycles. The molecule has 0 spiro atoms. The maximum absolute atomic E-state index is 12.1. The molecule has 0 radical (unpaired) electrons. The number of ether oxygens (including phenoxy) is 1. The molecule has 0 amide bonds. The average molecular weight is 334 g/mol. The Morgan fingerprint density at radius 1 is 1.55 bits per heavy atom. The van der Waals surface area contributed by atoms with Gasteiger partial charge in [-0.1, -0.05) is 36.0 Å². The van der Waals surface area contributed by atoms with Crippen LogP contribution in [0.4, 0.5) is 0 Å². The first-order valence-electron chi connectivity index (χ1n) is 5.98. The minimum Gasteiger partial charge on any atom is -0.393 e. The molecule has 1 fully saturated rings. The lowest BCUT2D eigenvalue weighted by Gasteiger charge is -2.15. The Labute approximate surface area is 129 Å². The van der Waals surface area contributed by atoms with Crippen molar-refractivity contribution in [2.24, 2.45) is 11.1 Å². The second-order valence-electron chi connectivity index (χ2n) is 5.12. The molecular formula is C13H16ClNO3S2. The van der Waals surface area contributed by atoms with Gasteiger partial charge in [-0.15, -0.1) is 0 Å². The van der Waals surface area contributed by atoms with E-state index in [1.54, 1.807) is 18.2 Å². The molecule has 3 atom stereocenters. The molecule has 1 aromatic carbocycles. The standard InChI is InChI=1S/C13H16ClNO3S2/c1-18-7-13(12(15)19)10(11(13)20(2,16)17)8-4-3-5-9(14)6-8/h3-6,10-11H,7H2,1-2H3,(H2,15,19)/t10-,11-,13-/m0/s1. The van der Waals surface area contributed by atoms with Gasteiger partial charge in [0.05, 0.1) is 22.3 Å². The van der Waals surface area contributed by atoms with Crippen LogP contribution in [0.15, 0.2) is 24.3 Å². The first kappa shape index (κ1) is 15.7. The molecule has 0 unspecified atom stereocenters. The third-order valence-electron chi connectivity index (χ3n) is 3.77. The largest absolute Gasteiger partial charge is 0.393 e. The summed E-state index contributed by atoms with van der Waals surface area (Å²) in [5.74, 6) is -0.311. The fraction of sp³-hybridized carbons (Fsp3) is 0.462. The van der Waals surface area contributed by atoms with Gasteiger partial charge < -0.3 is 10.5 Å². The second-order valence-corrected chi connectivity index (χ2v) is 8.16. The molecule has 2 rings (SSSR count). The molecule has 7 heteroatoms. The van der Waals surface area contributed by atoms with E-state index in [9.17, 15) is 8.42 Å². The van der Waals surface area contributed by atoms with Crippen molar-refractivity contribution in [1.82, 2.24) is 0 Å². The van der Waals surface area contributed by atoms with Crippen LogP contribution in [-0.4, -0.2) is 38.6 Å². The smallest absolute Gasteiger partial charge is 0.152 e. The van der Waals surface area contributed by atoms with Crippen molar-refractivity contribution < 1.29 is 13.2 Å². The summed E-state index contributed by atoms with van der Waals surface area (Å²) >= 11 is 11.1. The van der Waals surface area contributed by atoms with E-state index in [1.165, 1.54) is 13.4 Å². The topological polar surface area (TPSA) is 69.4 Å². The highest BCUT2D eigenvalue weighted by molar-refractivity contribution is 7.92. The van der Waals surface area contributed by atoms with E-state index in [1.807, 2.05) is 6.07 Å². The van der Waals surface area contributed by atoms with Crippen LogP contribution >= 0.6 is 23.8 Å². The highest BCUT2D eigenvalue weighted by Gasteiger charge is 2.71. The Balaban J connectivity index is 2.53. The molecule has 1 saturated carbocycles. The SMILES string of the molecule is COC[C@]1(C(N)=S)[C@@H](c2cccc(Cl)c2)[C@@H]1S(C)(=O)=O. The Hall–Kier alpha value is -0.690. The van der Waals surface area contributed by atoms with E-state index < -0.39 is 20.5 Å². The van der Waals surface area contributed by atoms with Gasteiger partial charge in [0.1, 0.15) is 0 Å². The number of rotatable bonds is 5. The van der Waals surface area contributed by atoms with E-state index in [0.717, 1.165) is 5.56 Å². The lowest BCUT2D eigenvalue weighted by Crippen LogP contribution is -2.32. The van der Waals surface area contributed by atoms with E-state index >= 15 is 0 Å². The molecule has 2 N–H and O–H groups in total. The van der Waals surface area contributed by atoms with Gasteiger partial charge >= 0.3 is 0 Å². The van der Waals surface area contributed by atoms with Crippen LogP contribution in [0.2, 0.25) is 5.02 Å². The zero-order chi connectivity index (χ0) is 15.1. The van der Waals surface area contributed by atoms with Crippen molar-refractivity contribution in [2.75, 3.05) is 20.0 Å². The summed E-state index contributed by atoms with van der Waals surface area (Å²) in [6, 6.07) is 7.11. The normalized spacial score (nSPS) is 29.1. The molecular weight excluding hydrogens is 318 g/mol. The highest BCUT2D eigenvalue weighted by atomic mass is 35.5. The summed E-state index contributed by atoms with van der Waals surface area (Å²) in [4.78, 5) is 0.166. The van der Waals surface area contributed by atoms with Crippen molar-refractivity contribution in [3.63, 3.8) is 0 Å². The van der Waals surface area contributed by atoms with Gasteiger partial charge in [-0.3, -0.25) is 0 Å². The summed E-state index contributed by atoms with van der Waals surface area (Å²) in [6.45, 7) is 0.178. The first-order chi connectivity index (χ1) is 9.25. The fourth-order valence-electron chi connectivity index (χ4n) is 2.98. The van der Waals surface area contributed by atoms with Crippen LogP contribution in [0.5, 0.6) is 0 Å². The minimum atomic E-state index is -3.31. The summed E-state index contributed by atoms with van der Waals surface area (Å²) in [5.41, 5.74) is 5.80. The van der Waals surface area contributed by atoms with Crippen LogP contribution in [-0.2, 0) is 14.6 Å². The van der Waals surface area contributed by atoms with Gasteiger partial charge in [-0.05, 0) is 17.7 Å². The first-order valence-corrected chi connectivity index (χ1v) is 8.72. The van der Waals surface area contributed by atoms with Crippen molar-refractivity contribution >= 4 is 38.6 Å². The van der Waals surface area contributed by atoms with Gasteiger partial charge in [0.15, 0.2) is 9.84 Å². The van der Waals surface area contributed by atoms with Gasteiger partial charge in [-0.2, -0.15) is 0 Å². The predicted molar refractivity (Wildman–Crippen MR) is 83.9 cm³/mol. The van der Waals surface area contributed by atoms with Crippen molar-refractivity contribution in [1.29, 1.82) is 0 Å². The minimum absolute atomic E-state index is 0.166. The third-order valence-corrected chi connectivity index (χ3v) is 6.00. The number of halogens is 1. The Kier molecular flexibility index (Phi) is 4.12. The van der Waals surface area contributed by atoms with Crippen molar-refractivity contribution in [3.05, 3.63) is 34.9 Å². The van der Waals surface area contributed by atoms with Crippen LogP contribution < -0.4 is 5.73 Å². The van der Waals surface area contributed by atoms with E-state index in [2.05, 4.69) is 0 Å². The zero-order valence-electron chi connectivity index (χ0n) is 11.2. The monoisotopic (exact) mass is 333 g/mol. The molecule has 20 heavy (non-hydrogen) atoms. The van der Waals surface area contributed by atoms with Gasteiger partial charge in [0.2, 0.25) is 0 Å². The Morgan fingerprint density at radius 3 is 2.65 bits per heavy atom. The van der Waals surface area contributed by atoms with Crippen LogP contribution in [0, 0.1) is 5.41 Å². The summed E-state index contributed by atoms with van der Waals surface area (Å²) in [7, 11) is -1.80. The molecule has 0 heterocycles. The number of methoxy groups -OCH3 is 1. The van der Waals surface area contributed by atoms with Gasteiger partial charge in [0.25, 0.3) is 0 Å². The van der Waals surface area contributed by atoms with Gasteiger partial charge in [-0.25, -0.2) is 8.42 Å². The number of nitrogens with two attached hydrogens (primary N) is 1. The van der Waals surface area contributed by atoms with E-state index in [4.69, 9.17) is 34.3 Å². The van der Waals surface area contributed by atoms with E-state index in [-0.39, 0.29) is 17.5 Å². The second kappa shape index (κ2) is 5.26. The Bertz CT molecular complexity index is 647. The summed E-state index contributed by atoms with van der Waals surface area (Å²) in [6.07, 6.45) is 1.20. The third kappa shape index (κ3) is 2.45. The number of hydrogen-bond donors (Lipinski definition) is 1. The zero-order valence-corrected chi connectivity index (χ0v) is 13.6.